The van der Waals surface area contributed by atoms with E-state index < -0.39 is 0 Å². The molecule has 0 aliphatic heterocycles. The first-order valence-corrected chi connectivity index (χ1v) is 5.41. The van der Waals surface area contributed by atoms with Crippen LogP contribution in [0.4, 0.5) is 5.69 Å². The standard InChI is InChI=1S/C14H14N2O/c1-9-4-3-5-11(6-9)12-7-13(15)14(10(2)17)16-8-12/h3-8H,15H2,1-2H3. The van der Waals surface area contributed by atoms with E-state index in [4.69, 9.17) is 5.73 Å². The number of ketones is 1. The molecule has 0 fully saturated rings. The van der Waals surface area contributed by atoms with Crippen molar-refractivity contribution in [3.8, 4) is 11.1 Å². The van der Waals surface area contributed by atoms with E-state index in [1.54, 1.807) is 12.3 Å². The van der Waals surface area contributed by atoms with Gasteiger partial charge in [0, 0.05) is 18.7 Å². The SMILES string of the molecule is CC(=O)c1ncc(-c2cccc(C)c2)cc1N. The Labute approximate surface area is 100 Å². The Kier molecular flexibility index (Phi) is 2.91. The van der Waals surface area contributed by atoms with Crippen LogP contribution >= 0.6 is 0 Å². The number of nitrogens with two attached hydrogens (primary N) is 1. The monoisotopic (exact) mass is 226 g/mol. The molecule has 0 saturated carbocycles. The molecule has 1 aromatic heterocycles. The van der Waals surface area contributed by atoms with Crippen molar-refractivity contribution in [3.63, 3.8) is 0 Å². The average molecular weight is 226 g/mol. The number of hydrogen-bond acceptors (Lipinski definition) is 3. The minimum atomic E-state index is -0.113. The molecule has 1 aromatic carbocycles. The van der Waals surface area contributed by atoms with Gasteiger partial charge in [0.2, 0.25) is 0 Å². The zero-order valence-electron chi connectivity index (χ0n) is 9.90. The number of nitrogen functional groups attached to an aromatic ring is 1. The number of carbonyl (C=O) groups excluding carboxylic acids is 1. The number of pyridine rings is 1. The fourth-order valence-corrected chi connectivity index (χ4v) is 1.76. The highest BCUT2D eigenvalue weighted by Gasteiger charge is 2.08. The molecule has 0 amide bonds. The highest BCUT2D eigenvalue weighted by atomic mass is 16.1. The molecule has 0 unspecified atom stereocenters. The van der Waals surface area contributed by atoms with E-state index in [-0.39, 0.29) is 5.78 Å². The molecule has 0 atom stereocenters. The Morgan fingerprint density at radius 1 is 1.24 bits per heavy atom. The Morgan fingerprint density at radius 2 is 2.00 bits per heavy atom. The van der Waals surface area contributed by atoms with Gasteiger partial charge in [0.05, 0.1) is 5.69 Å². The van der Waals surface area contributed by atoms with Gasteiger partial charge in [-0.15, -0.1) is 0 Å². The largest absolute Gasteiger partial charge is 0.397 e. The maximum Gasteiger partial charge on any atom is 0.180 e. The molecule has 2 aromatic rings. The van der Waals surface area contributed by atoms with Crippen LogP contribution in [0.25, 0.3) is 11.1 Å². The van der Waals surface area contributed by atoms with Crippen molar-refractivity contribution in [2.45, 2.75) is 13.8 Å². The van der Waals surface area contributed by atoms with Crippen LogP contribution < -0.4 is 5.73 Å². The summed E-state index contributed by atoms with van der Waals surface area (Å²) in [4.78, 5) is 15.3. The minimum absolute atomic E-state index is 0.113. The van der Waals surface area contributed by atoms with Crippen molar-refractivity contribution in [2.75, 3.05) is 5.73 Å². The second kappa shape index (κ2) is 4.37. The summed E-state index contributed by atoms with van der Waals surface area (Å²) in [6.07, 6.45) is 1.68. The second-order valence-corrected chi connectivity index (χ2v) is 4.09. The number of aryl methyl sites for hydroxylation is 1. The lowest BCUT2D eigenvalue weighted by Crippen LogP contribution is -2.03. The summed E-state index contributed by atoms with van der Waals surface area (Å²) in [6.45, 7) is 3.50. The number of carbonyl (C=O) groups is 1. The predicted molar refractivity (Wildman–Crippen MR) is 68.8 cm³/mol. The van der Waals surface area contributed by atoms with Gasteiger partial charge in [-0.25, -0.2) is 0 Å². The fraction of sp³-hybridized carbons (Fsp3) is 0.143. The first-order valence-electron chi connectivity index (χ1n) is 5.41. The number of benzene rings is 1. The van der Waals surface area contributed by atoms with E-state index in [2.05, 4.69) is 11.1 Å². The van der Waals surface area contributed by atoms with Crippen LogP contribution in [-0.2, 0) is 0 Å². The molecule has 0 spiro atoms. The minimum Gasteiger partial charge on any atom is -0.397 e. The van der Waals surface area contributed by atoms with Crippen molar-refractivity contribution in [2.24, 2.45) is 0 Å². The van der Waals surface area contributed by atoms with Gasteiger partial charge >= 0.3 is 0 Å². The maximum atomic E-state index is 11.2. The summed E-state index contributed by atoms with van der Waals surface area (Å²) in [5.41, 5.74) is 9.74. The van der Waals surface area contributed by atoms with Gasteiger partial charge in [0.15, 0.2) is 5.78 Å². The summed E-state index contributed by atoms with van der Waals surface area (Å²) in [7, 11) is 0. The van der Waals surface area contributed by atoms with Crippen LogP contribution in [0.1, 0.15) is 23.0 Å². The summed E-state index contributed by atoms with van der Waals surface area (Å²) < 4.78 is 0. The Morgan fingerprint density at radius 3 is 2.59 bits per heavy atom. The number of hydrogen-bond donors (Lipinski definition) is 1. The van der Waals surface area contributed by atoms with Crippen LogP contribution in [0, 0.1) is 6.92 Å². The molecule has 1 heterocycles. The molecule has 86 valence electrons. The molecule has 0 aliphatic rings. The zero-order valence-corrected chi connectivity index (χ0v) is 9.90. The molecule has 0 bridgehead atoms. The predicted octanol–water partition coefficient (Wildman–Crippen LogP) is 2.84. The number of Topliss-reactive ketones (excluding diaryl/α,β-unsaturated/α-hetero) is 1. The van der Waals surface area contributed by atoms with Gasteiger partial charge in [-0.1, -0.05) is 29.8 Å². The van der Waals surface area contributed by atoms with E-state index in [0.29, 0.717) is 11.4 Å². The quantitative estimate of drug-likeness (QED) is 0.801. The van der Waals surface area contributed by atoms with Crippen LogP contribution in [0.15, 0.2) is 36.5 Å². The van der Waals surface area contributed by atoms with Crippen LogP contribution in [0.5, 0.6) is 0 Å². The molecule has 3 heteroatoms. The van der Waals surface area contributed by atoms with Crippen molar-refractivity contribution < 1.29 is 4.79 Å². The number of aromatic nitrogens is 1. The maximum absolute atomic E-state index is 11.2. The van der Waals surface area contributed by atoms with Crippen molar-refractivity contribution in [1.82, 2.24) is 4.98 Å². The molecular formula is C14H14N2O. The average Bonchev–Trinajstić information content (AvgIpc) is 2.28. The van der Waals surface area contributed by atoms with E-state index in [0.717, 1.165) is 11.1 Å². The van der Waals surface area contributed by atoms with E-state index in [9.17, 15) is 4.79 Å². The summed E-state index contributed by atoms with van der Waals surface area (Å²) >= 11 is 0. The second-order valence-electron chi connectivity index (χ2n) is 4.09. The fourth-order valence-electron chi connectivity index (χ4n) is 1.76. The van der Waals surface area contributed by atoms with Crippen molar-refractivity contribution in [3.05, 3.63) is 47.8 Å². The van der Waals surface area contributed by atoms with Crippen molar-refractivity contribution in [1.29, 1.82) is 0 Å². The number of rotatable bonds is 2. The molecule has 17 heavy (non-hydrogen) atoms. The summed E-state index contributed by atoms with van der Waals surface area (Å²) in [5, 5.41) is 0. The molecule has 2 rings (SSSR count). The summed E-state index contributed by atoms with van der Waals surface area (Å²) in [6, 6.07) is 9.86. The first kappa shape index (κ1) is 11.3. The van der Waals surface area contributed by atoms with E-state index >= 15 is 0 Å². The van der Waals surface area contributed by atoms with Gasteiger partial charge in [0.25, 0.3) is 0 Å². The van der Waals surface area contributed by atoms with E-state index in [1.165, 1.54) is 12.5 Å². The lowest BCUT2D eigenvalue weighted by atomic mass is 10.0. The Bertz CT molecular complexity index is 576. The highest BCUT2D eigenvalue weighted by Crippen LogP contribution is 2.23. The third-order valence-electron chi connectivity index (χ3n) is 2.60. The third kappa shape index (κ3) is 2.33. The third-order valence-corrected chi connectivity index (χ3v) is 2.60. The van der Waals surface area contributed by atoms with Gasteiger partial charge in [-0.05, 0) is 18.6 Å². The molecule has 2 N–H and O–H groups in total. The molecule has 0 radical (unpaired) electrons. The van der Waals surface area contributed by atoms with E-state index in [1.807, 2.05) is 25.1 Å². The first-order chi connectivity index (χ1) is 8.08. The van der Waals surface area contributed by atoms with Gasteiger partial charge in [-0.3, -0.25) is 9.78 Å². The zero-order chi connectivity index (χ0) is 12.4. The summed E-state index contributed by atoms with van der Waals surface area (Å²) in [5.74, 6) is -0.113. The number of nitrogens with zero attached hydrogens (tertiary/aromatic N) is 1. The Balaban J connectivity index is 2.48. The van der Waals surface area contributed by atoms with Crippen LogP contribution in [0.3, 0.4) is 0 Å². The highest BCUT2D eigenvalue weighted by molar-refractivity contribution is 5.97. The molecule has 0 aliphatic carbocycles. The topological polar surface area (TPSA) is 56.0 Å². The lowest BCUT2D eigenvalue weighted by molar-refractivity contribution is 0.101. The smallest absolute Gasteiger partial charge is 0.180 e. The molecule has 3 nitrogen and oxygen atoms in total. The number of anilines is 1. The Hall–Kier alpha value is -2.16. The van der Waals surface area contributed by atoms with Gasteiger partial charge in [0.1, 0.15) is 5.69 Å². The molecule has 0 saturated heterocycles. The van der Waals surface area contributed by atoms with Crippen LogP contribution in [-0.4, -0.2) is 10.8 Å². The van der Waals surface area contributed by atoms with Crippen molar-refractivity contribution >= 4 is 11.5 Å². The molecular weight excluding hydrogens is 212 g/mol. The lowest BCUT2D eigenvalue weighted by Gasteiger charge is -2.06. The van der Waals surface area contributed by atoms with Gasteiger partial charge in [-0.2, -0.15) is 0 Å². The van der Waals surface area contributed by atoms with Gasteiger partial charge < -0.3 is 5.73 Å². The van der Waals surface area contributed by atoms with Crippen LogP contribution in [0.2, 0.25) is 0 Å². The normalized spacial score (nSPS) is 10.2.